The summed E-state index contributed by atoms with van der Waals surface area (Å²) in [5.41, 5.74) is 4.69. The Morgan fingerprint density at radius 3 is 2.20 bits per heavy atom. The molecule has 0 radical (unpaired) electrons. The first kappa shape index (κ1) is 7.28. The summed E-state index contributed by atoms with van der Waals surface area (Å²) < 4.78 is 24.8. The zero-order valence-corrected chi connectivity index (χ0v) is 5.62. The summed E-state index contributed by atoms with van der Waals surface area (Å²) in [5.74, 6) is -1.41. The Morgan fingerprint density at radius 1 is 1.20 bits per heavy atom. The zero-order valence-electron chi connectivity index (χ0n) is 4.87. The summed E-state index contributed by atoms with van der Waals surface area (Å²) in [6.07, 6.45) is 0. The molecule has 1 rings (SSSR count). The van der Waals surface area contributed by atoms with E-state index in [9.17, 15) is 8.78 Å². The fourth-order valence-electron chi connectivity index (χ4n) is 0.543. The first-order valence-electron chi connectivity index (χ1n) is 2.52. The van der Waals surface area contributed by atoms with Crippen LogP contribution in [0.2, 0.25) is 5.02 Å². The van der Waals surface area contributed by atoms with Crippen molar-refractivity contribution < 1.29 is 8.78 Å². The first-order valence-corrected chi connectivity index (χ1v) is 2.89. The Bertz CT molecular complexity index is 235. The number of benzene rings is 1. The molecule has 0 aliphatic heterocycles. The van der Waals surface area contributed by atoms with E-state index in [2.05, 4.69) is 0 Å². The van der Waals surface area contributed by atoms with E-state index in [-0.39, 0.29) is 10.7 Å². The second kappa shape index (κ2) is 2.42. The smallest absolute Gasteiger partial charge is 0.147 e. The molecule has 0 bridgehead atoms. The van der Waals surface area contributed by atoms with Crippen LogP contribution >= 0.6 is 11.6 Å². The van der Waals surface area contributed by atoms with Gasteiger partial charge >= 0.3 is 0 Å². The molecule has 2 N–H and O–H groups in total. The van der Waals surface area contributed by atoms with Crippen LogP contribution in [-0.4, -0.2) is 0 Å². The van der Waals surface area contributed by atoms with Gasteiger partial charge in [-0.25, -0.2) is 8.78 Å². The molecule has 1 aromatic rings. The molecule has 1 nitrogen and oxygen atoms in total. The van der Waals surface area contributed by atoms with E-state index in [1.165, 1.54) is 0 Å². The van der Waals surface area contributed by atoms with Gasteiger partial charge in [0.15, 0.2) is 0 Å². The molecule has 0 aliphatic carbocycles. The van der Waals surface area contributed by atoms with E-state index >= 15 is 0 Å². The number of rotatable bonds is 0. The third kappa shape index (κ3) is 1.04. The van der Waals surface area contributed by atoms with Crippen LogP contribution < -0.4 is 5.73 Å². The zero-order chi connectivity index (χ0) is 7.72. The van der Waals surface area contributed by atoms with Gasteiger partial charge in [-0.15, -0.1) is 0 Å². The van der Waals surface area contributed by atoms with E-state index in [0.717, 1.165) is 12.1 Å². The molecule has 0 atom stereocenters. The Morgan fingerprint density at radius 2 is 1.70 bits per heavy atom. The lowest BCUT2D eigenvalue weighted by Crippen LogP contribution is -1.93. The van der Waals surface area contributed by atoms with E-state index in [1.807, 2.05) is 0 Å². The lowest BCUT2D eigenvalue weighted by atomic mass is 10.3. The highest BCUT2D eigenvalue weighted by atomic mass is 35.5. The molecule has 4 heteroatoms. The number of anilines is 1. The van der Waals surface area contributed by atoms with Gasteiger partial charge in [0, 0.05) is 0 Å². The predicted molar refractivity (Wildman–Crippen MR) is 35.8 cm³/mol. The molecule has 0 heterocycles. The molecule has 0 spiro atoms. The van der Waals surface area contributed by atoms with Crippen LogP contribution in [0.3, 0.4) is 0 Å². The molecule has 0 aromatic heterocycles. The van der Waals surface area contributed by atoms with Crippen molar-refractivity contribution in [1.29, 1.82) is 0 Å². The van der Waals surface area contributed by atoms with Crippen molar-refractivity contribution in [3.63, 3.8) is 0 Å². The van der Waals surface area contributed by atoms with Crippen LogP contribution in [-0.2, 0) is 0 Å². The Labute approximate surface area is 61.4 Å². The van der Waals surface area contributed by atoms with Crippen LogP contribution in [0.5, 0.6) is 0 Å². The number of hydrogen-bond donors (Lipinski definition) is 1. The molecule has 0 unspecified atom stereocenters. The van der Waals surface area contributed by atoms with Crippen molar-refractivity contribution in [2.45, 2.75) is 0 Å². The maximum absolute atomic E-state index is 12.4. The van der Waals surface area contributed by atoms with Gasteiger partial charge < -0.3 is 5.73 Å². The summed E-state index contributed by atoms with van der Waals surface area (Å²) in [5, 5.41) is -0.361. The minimum Gasteiger partial charge on any atom is -0.395 e. The largest absolute Gasteiger partial charge is 0.395 e. The van der Waals surface area contributed by atoms with Gasteiger partial charge in [-0.2, -0.15) is 0 Å². The molecular weight excluding hydrogens is 160 g/mol. The summed E-state index contributed by atoms with van der Waals surface area (Å²) in [6.45, 7) is 0. The average Bonchev–Trinajstić information content (AvgIpc) is 1.93. The van der Waals surface area contributed by atoms with Gasteiger partial charge in [-0.1, -0.05) is 11.6 Å². The number of nitrogen functional groups attached to an aromatic ring is 1. The highest BCUT2D eigenvalue weighted by Gasteiger charge is 2.06. The van der Waals surface area contributed by atoms with E-state index in [1.54, 1.807) is 0 Å². The fourth-order valence-corrected chi connectivity index (χ4v) is 0.696. The Hall–Kier alpha value is -0.830. The SMILES string of the molecule is Nc1c(F)ccc(F)c1Cl. The van der Waals surface area contributed by atoms with Gasteiger partial charge in [0.05, 0.1) is 5.69 Å². The van der Waals surface area contributed by atoms with Crippen molar-refractivity contribution in [2.24, 2.45) is 0 Å². The standard InChI is InChI=1S/C6H4ClF2N/c7-5-3(8)1-2-4(9)6(5)10/h1-2H,10H2. The quantitative estimate of drug-likeness (QED) is 0.461. The normalized spacial score (nSPS) is 9.90. The number of hydrogen-bond acceptors (Lipinski definition) is 1. The molecule has 0 aliphatic rings. The molecule has 0 saturated heterocycles. The Balaban J connectivity index is 3.34. The molecule has 1 aromatic carbocycles. The predicted octanol–water partition coefficient (Wildman–Crippen LogP) is 2.20. The van der Waals surface area contributed by atoms with Gasteiger partial charge in [-0.3, -0.25) is 0 Å². The highest BCUT2D eigenvalue weighted by Crippen LogP contribution is 2.24. The van der Waals surface area contributed by atoms with Crippen LogP contribution in [0.15, 0.2) is 12.1 Å². The number of nitrogens with two attached hydrogens (primary N) is 1. The minimum atomic E-state index is -0.708. The maximum atomic E-state index is 12.4. The topological polar surface area (TPSA) is 26.0 Å². The van der Waals surface area contributed by atoms with Crippen molar-refractivity contribution in [1.82, 2.24) is 0 Å². The summed E-state index contributed by atoms with van der Waals surface area (Å²) >= 11 is 5.24. The second-order valence-corrected chi connectivity index (χ2v) is 2.13. The first-order chi connectivity index (χ1) is 4.63. The van der Waals surface area contributed by atoms with Gasteiger partial charge in [0.1, 0.15) is 16.7 Å². The molecule has 0 amide bonds. The highest BCUT2D eigenvalue weighted by molar-refractivity contribution is 6.33. The average molecular weight is 164 g/mol. The van der Waals surface area contributed by atoms with Crippen LogP contribution in [0, 0.1) is 11.6 Å². The monoisotopic (exact) mass is 163 g/mol. The third-order valence-corrected chi connectivity index (χ3v) is 1.46. The summed E-state index contributed by atoms with van der Waals surface area (Å²) in [7, 11) is 0. The Kier molecular flexibility index (Phi) is 1.76. The van der Waals surface area contributed by atoms with Crippen LogP contribution in [0.1, 0.15) is 0 Å². The minimum absolute atomic E-state index is 0.346. The van der Waals surface area contributed by atoms with Crippen LogP contribution in [0.4, 0.5) is 14.5 Å². The lowest BCUT2D eigenvalue weighted by molar-refractivity contribution is 0.604. The van der Waals surface area contributed by atoms with Crippen molar-refractivity contribution in [2.75, 3.05) is 5.73 Å². The van der Waals surface area contributed by atoms with Gasteiger partial charge in [0.2, 0.25) is 0 Å². The number of halogens is 3. The molecule has 54 valence electrons. The van der Waals surface area contributed by atoms with Gasteiger partial charge in [0.25, 0.3) is 0 Å². The van der Waals surface area contributed by atoms with Crippen molar-refractivity contribution >= 4 is 17.3 Å². The lowest BCUT2D eigenvalue weighted by Gasteiger charge is -1.98. The van der Waals surface area contributed by atoms with E-state index in [4.69, 9.17) is 17.3 Å². The van der Waals surface area contributed by atoms with Crippen molar-refractivity contribution in [3.05, 3.63) is 28.8 Å². The van der Waals surface area contributed by atoms with Crippen LogP contribution in [0.25, 0.3) is 0 Å². The fraction of sp³-hybridized carbons (Fsp3) is 0. The summed E-state index contributed by atoms with van der Waals surface area (Å²) in [6, 6.07) is 1.85. The third-order valence-electron chi connectivity index (χ3n) is 1.08. The summed E-state index contributed by atoms with van der Waals surface area (Å²) in [4.78, 5) is 0. The molecule has 0 fully saturated rings. The van der Waals surface area contributed by atoms with E-state index < -0.39 is 11.6 Å². The molecule has 0 saturated carbocycles. The molecule has 10 heavy (non-hydrogen) atoms. The van der Waals surface area contributed by atoms with Gasteiger partial charge in [-0.05, 0) is 12.1 Å². The maximum Gasteiger partial charge on any atom is 0.147 e. The van der Waals surface area contributed by atoms with E-state index in [0.29, 0.717) is 0 Å². The molecular formula is C6H4ClF2N. The second-order valence-electron chi connectivity index (χ2n) is 1.76. The van der Waals surface area contributed by atoms with Crippen molar-refractivity contribution in [3.8, 4) is 0 Å².